The molecule has 1 N–H and O–H groups in total. The first-order chi connectivity index (χ1) is 7.81. The van der Waals surface area contributed by atoms with E-state index in [-0.39, 0.29) is 12.6 Å². The molecular formula is C9H18O3S4. The molecule has 0 saturated heterocycles. The van der Waals surface area contributed by atoms with E-state index >= 15 is 0 Å². The molecule has 0 aliphatic heterocycles. The maximum Gasteiger partial charge on any atom is 0.316 e. The van der Waals surface area contributed by atoms with Crippen molar-refractivity contribution in [2.45, 2.75) is 6.92 Å². The SMILES string of the molecule is CCSCSCSCC(=O)OCSCCO. The summed E-state index contributed by atoms with van der Waals surface area (Å²) in [7, 11) is 0. The third kappa shape index (κ3) is 12.9. The molecule has 0 saturated carbocycles. The van der Waals surface area contributed by atoms with Gasteiger partial charge in [-0.1, -0.05) is 6.92 Å². The third-order valence-corrected chi connectivity index (χ3v) is 5.57. The Kier molecular flexibility index (Phi) is 14.6. The molecule has 0 heterocycles. The molecule has 0 radical (unpaired) electrons. The van der Waals surface area contributed by atoms with Crippen LogP contribution in [0.4, 0.5) is 0 Å². The highest BCUT2D eigenvalue weighted by molar-refractivity contribution is 8.22. The van der Waals surface area contributed by atoms with E-state index in [1.165, 1.54) is 11.8 Å². The number of aliphatic hydroxyl groups is 1. The number of ether oxygens (including phenoxy) is 1. The van der Waals surface area contributed by atoms with Gasteiger partial charge >= 0.3 is 5.97 Å². The van der Waals surface area contributed by atoms with Crippen molar-refractivity contribution >= 4 is 53.0 Å². The molecule has 0 aromatic rings. The molecule has 0 aromatic carbocycles. The van der Waals surface area contributed by atoms with Gasteiger partial charge in [0.1, 0.15) is 5.94 Å². The zero-order valence-corrected chi connectivity index (χ0v) is 12.6. The van der Waals surface area contributed by atoms with Gasteiger partial charge in [-0.2, -0.15) is 11.8 Å². The van der Waals surface area contributed by atoms with Crippen molar-refractivity contribution in [1.29, 1.82) is 0 Å². The zero-order chi connectivity index (χ0) is 12.1. The fourth-order valence-electron chi connectivity index (χ4n) is 0.633. The van der Waals surface area contributed by atoms with Crippen LogP contribution in [0.1, 0.15) is 6.92 Å². The van der Waals surface area contributed by atoms with Crippen molar-refractivity contribution in [3.63, 3.8) is 0 Å². The van der Waals surface area contributed by atoms with Crippen LogP contribution < -0.4 is 0 Å². The molecule has 0 bridgehead atoms. The van der Waals surface area contributed by atoms with Crippen LogP contribution in [0, 0.1) is 0 Å². The first kappa shape index (κ1) is 16.8. The Hall–Kier alpha value is 0.830. The van der Waals surface area contributed by atoms with E-state index in [0.29, 0.717) is 17.4 Å². The highest BCUT2D eigenvalue weighted by Crippen LogP contribution is 2.17. The van der Waals surface area contributed by atoms with E-state index in [9.17, 15) is 4.79 Å². The first-order valence-electron chi connectivity index (χ1n) is 4.88. The third-order valence-electron chi connectivity index (χ3n) is 1.30. The van der Waals surface area contributed by atoms with Crippen molar-refractivity contribution in [3.8, 4) is 0 Å². The molecule has 3 nitrogen and oxygen atoms in total. The summed E-state index contributed by atoms with van der Waals surface area (Å²) in [6, 6.07) is 0. The maximum absolute atomic E-state index is 11.2. The van der Waals surface area contributed by atoms with Gasteiger partial charge in [-0.05, 0) is 5.75 Å². The summed E-state index contributed by atoms with van der Waals surface area (Å²) in [5.74, 6) is 2.35. The number of thioether (sulfide) groups is 4. The lowest BCUT2D eigenvalue weighted by atomic mass is 10.8. The average molecular weight is 303 g/mol. The molecule has 16 heavy (non-hydrogen) atoms. The molecule has 0 fully saturated rings. The Balaban J connectivity index is 3.11. The highest BCUT2D eigenvalue weighted by Gasteiger charge is 2.02. The van der Waals surface area contributed by atoms with E-state index in [2.05, 4.69) is 6.92 Å². The van der Waals surface area contributed by atoms with Gasteiger partial charge in [-0.25, -0.2) is 0 Å². The van der Waals surface area contributed by atoms with E-state index in [1.807, 2.05) is 23.5 Å². The van der Waals surface area contributed by atoms with Gasteiger partial charge in [0.15, 0.2) is 0 Å². The topological polar surface area (TPSA) is 46.5 Å². The molecule has 7 heteroatoms. The smallest absolute Gasteiger partial charge is 0.316 e. The van der Waals surface area contributed by atoms with Crippen molar-refractivity contribution in [2.75, 3.05) is 40.0 Å². The van der Waals surface area contributed by atoms with Gasteiger partial charge in [0.05, 0.1) is 12.4 Å². The average Bonchev–Trinajstić information content (AvgIpc) is 2.29. The Labute approximate surface area is 114 Å². The summed E-state index contributed by atoms with van der Waals surface area (Å²) in [4.78, 5) is 11.2. The van der Waals surface area contributed by atoms with Crippen LogP contribution >= 0.6 is 47.0 Å². The number of hydrogen-bond donors (Lipinski definition) is 1. The molecule has 96 valence electrons. The van der Waals surface area contributed by atoms with Gasteiger partial charge in [-0.15, -0.1) is 35.3 Å². The van der Waals surface area contributed by atoms with Gasteiger partial charge in [0, 0.05) is 15.9 Å². The van der Waals surface area contributed by atoms with Crippen LogP contribution in [-0.2, 0) is 9.53 Å². The minimum absolute atomic E-state index is 0.128. The van der Waals surface area contributed by atoms with Gasteiger partial charge in [-0.3, -0.25) is 4.79 Å². The first-order valence-corrected chi connectivity index (χ1v) is 9.50. The standard InChI is InChI=1S/C9H18O3S4/c1-2-13-7-16-8-15-5-9(11)12-6-14-4-3-10/h10H,2-8H2,1H3. The predicted molar refractivity (Wildman–Crippen MR) is 78.4 cm³/mol. The molecule has 0 spiro atoms. The second kappa shape index (κ2) is 13.9. The number of hydrogen-bond acceptors (Lipinski definition) is 7. The zero-order valence-electron chi connectivity index (χ0n) is 9.35. The van der Waals surface area contributed by atoms with Crippen LogP contribution in [0.3, 0.4) is 0 Å². The monoisotopic (exact) mass is 302 g/mol. The quantitative estimate of drug-likeness (QED) is 0.357. The molecule has 0 aliphatic carbocycles. The summed E-state index contributed by atoms with van der Waals surface area (Å²) < 4.78 is 4.95. The minimum Gasteiger partial charge on any atom is -0.454 e. The summed E-state index contributed by atoms with van der Waals surface area (Å²) >= 11 is 6.74. The molecule has 0 unspecified atom stereocenters. The Bertz CT molecular complexity index is 169. The lowest BCUT2D eigenvalue weighted by molar-refractivity contribution is -0.138. The van der Waals surface area contributed by atoms with E-state index < -0.39 is 0 Å². The molecular weight excluding hydrogens is 284 g/mol. The fraction of sp³-hybridized carbons (Fsp3) is 0.889. The van der Waals surface area contributed by atoms with Gasteiger partial charge in [0.2, 0.25) is 0 Å². The predicted octanol–water partition coefficient (Wildman–Crippen LogP) is 2.35. The van der Waals surface area contributed by atoms with Crippen molar-refractivity contribution in [2.24, 2.45) is 0 Å². The van der Waals surface area contributed by atoms with E-state index in [1.54, 1.807) is 11.8 Å². The second-order valence-corrected chi connectivity index (χ2v) is 7.58. The van der Waals surface area contributed by atoms with Crippen LogP contribution in [0.15, 0.2) is 0 Å². The Morgan fingerprint density at radius 2 is 1.94 bits per heavy atom. The molecule has 0 atom stereocenters. The number of esters is 1. The van der Waals surface area contributed by atoms with Crippen LogP contribution in [0.25, 0.3) is 0 Å². The Morgan fingerprint density at radius 3 is 2.62 bits per heavy atom. The van der Waals surface area contributed by atoms with E-state index in [4.69, 9.17) is 9.84 Å². The molecule has 0 aliphatic rings. The van der Waals surface area contributed by atoms with Crippen molar-refractivity contribution < 1.29 is 14.6 Å². The van der Waals surface area contributed by atoms with Crippen LogP contribution in [0.2, 0.25) is 0 Å². The lowest BCUT2D eigenvalue weighted by Crippen LogP contribution is -2.07. The van der Waals surface area contributed by atoms with Crippen LogP contribution in [0.5, 0.6) is 0 Å². The summed E-state index contributed by atoms with van der Waals surface area (Å²) in [6.07, 6.45) is 0. The highest BCUT2D eigenvalue weighted by atomic mass is 32.2. The minimum atomic E-state index is -0.167. The summed E-state index contributed by atoms with van der Waals surface area (Å²) in [5, 5.41) is 10.5. The van der Waals surface area contributed by atoms with Crippen molar-refractivity contribution in [3.05, 3.63) is 0 Å². The largest absolute Gasteiger partial charge is 0.454 e. The second-order valence-electron chi connectivity index (χ2n) is 2.55. The normalized spacial score (nSPS) is 10.4. The molecule has 0 aromatic heterocycles. The molecule has 0 rings (SSSR count). The van der Waals surface area contributed by atoms with Crippen LogP contribution in [-0.4, -0.2) is 51.0 Å². The number of aliphatic hydroxyl groups excluding tert-OH is 1. The summed E-state index contributed by atoms with van der Waals surface area (Å²) in [6.45, 7) is 2.27. The number of rotatable bonds is 11. The number of carbonyl (C=O) groups is 1. The van der Waals surface area contributed by atoms with Crippen molar-refractivity contribution in [1.82, 2.24) is 0 Å². The van der Waals surface area contributed by atoms with E-state index in [0.717, 1.165) is 15.9 Å². The Morgan fingerprint density at radius 1 is 1.19 bits per heavy atom. The summed E-state index contributed by atoms with van der Waals surface area (Å²) in [5.41, 5.74) is 0. The lowest BCUT2D eigenvalue weighted by Gasteiger charge is -2.03. The maximum atomic E-state index is 11.2. The fourth-order valence-corrected chi connectivity index (χ4v) is 4.17. The van der Waals surface area contributed by atoms with Gasteiger partial charge < -0.3 is 9.84 Å². The van der Waals surface area contributed by atoms with Gasteiger partial charge in [0.25, 0.3) is 0 Å². The molecule has 0 amide bonds. The number of carbonyl (C=O) groups excluding carboxylic acids is 1.